The fraction of sp³-hybridized carbons (Fsp3) is 0.174. The minimum Gasteiger partial charge on any atom is -0.378 e. The number of anilines is 5. The van der Waals surface area contributed by atoms with E-state index in [1.54, 1.807) is 0 Å². The molecule has 0 saturated carbocycles. The lowest BCUT2D eigenvalue weighted by atomic mass is 10.2. The Morgan fingerprint density at radius 1 is 0.724 bits per heavy atom. The molecule has 148 valence electrons. The number of nitrogens with zero attached hydrogens (tertiary/aromatic N) is 1. The second kappa shape index (κ2) is 9.12. The topological polar surface area (TPSA) is 65.6 Å². The Hall–Kier alpha value is -3.51. The van der Waals surface area contributed by atoms with Crippen LogP contribution in [0.4, 0.5) is 33.2 Å². The molecule has 0 unspecified atom stereocenters. The van der Waals surface area contributed by atoms with Gasteiger partial charge in [0.05, 0.1) is 24.6 Å². The molecule has 0 radical (unpaired) electrons. The Balaban J connectivity index is 1.39. The molecule has 0 aliphatic carbocycles. The van der Waals surface area contributed by atoms with Crippen molar-refractivity contribution in [3.63, 3.8) is 0 Å². The molecule has 1 heterocycles. The third-order valence-electron chi connectivity index (χ3n) is 4.71. The fourth-order valence-electron chi connectivity index (χ4n) is 3.27. The molecule has 2 amide bonds. The van der Waals surface area contributed by atoms with Crippen LogP contribution in [0.25, 0.3) is 0 Å². The number of urea groups is 1. The molecule has 3 aromatic rings. The Labute approximate surface area is 170 Å². The Morgan fingerprint density at radius 3 is 2.03 bits per heavy atom. The number of hydrogen-bond donors (Lipinski definition) is 3. The van der Waals surface area contributed by atoms with Crippen LogP contribution in [0, 0.1) is 0 Å². The number of benzene rings is 3. The molecular formula is C23H24N4O2. The molecule has 4 rings (SSSR count). The first-order chi connectivity index (χ1) is 14.3. The molecule has 3 aromatic carbocycles. The molecule has 1 aliphatic heterocycles. The van der Waals surface area contributed by atoms with Gasteiger partial charge in [-0.1, -0.05) is 30.3 Å². The van der Waals surface area contributed by atoms with Crippen LogP contribution < -0.4 is 20.9 Å². The van der Waals surface area contributed by atoms with Crippen LogP contribution in [0.2, 0.25) is 0 Å². The van der Waals surface area contributed by atoms with E-state index in [1.165, 1.54) is 5.69 Å². The third kappa shape index (κ3) is 5.06. The summed E-state index contributed by atoms with van der Waals surface area (Å²) in [6.45, 7) is 3.27. The van der Waals surface area contributed by atoms with Crippen LogP contribution in [0.5, 0.6) is 0 Å². The van der Waals surface area contributed by atoms with E-state index in [4.69, 9.17) is 4.74 Å². The monoisotopic (exact) mass is 388 g/mol. The molecule has 0 atom stereocenters. The van der Waals surface area contributed by atoms with Gasteiger partial charge in [-0.15, -0.1) is 0 Å². The number of para-hydroxylation sites is 3. The fourth-order valence-corrected chi connectivity index (χ4v) is 3.27. The van der Waals surface area contributed by atoms with Crippen molar-refractivity contribution in [3.05, 3.63) is 78.9 Å². The van der Waals surface area contributed by atoms with E-state index in [0.717, 1.165) is 49.1 Å². The van der Waals surface area contributed by atoms with Crippen molar-refractivity contribution in [2.75, 3.05) is 47.2 Å². The van der Waals surface area contributed by atoms with Gasteiger partial charge in [-0.25, -0.2) is 4.79 Å². The van der Waals surface area contributed by atoms with E-state index in [1.807, 2.05) is 66.7 Å². The molecule has 0 spiro atoms. The van der Waals surface area contributed by atoms with Crippen LogP contribution >= 0.6 is 0 Å². The van der Waals surface area contributed by atoms with Crippen LogP contribution in [-0.2, 0) is 4.74 Å². The Morgan fingerprint density at radius 2 is 1.31 bits per heavy atom. The first-order valence-electron chi connectivity index (χ1n) is 9.70. The average Bonchev–Trinajstić information content (AvgIpc) is 2.77. The lowest BCUT2D eigenvalue weighted by molar-refractivity contribution is 0.123. The molecular weight excluding hydrogens is 364 g/mol. The first kappa shape index (κ1) is 18.8. The largest absolute Gasteiger partial charge is 0.378 e. The van der Waals surface area contributed by atoms with Crippen molar-refractivity contribution in [2.45, 2.75) is 0 Å². The molecule has 3 N–H and O–H groups in total. The summed E-state index contributed by atoms with van der Waals surface area (Å²) in [5.41, 5.74) is 4.66. The van der Waals surface area contributed by atoms with Gasteiger partial charge in [-0.3, -0.25) is 0 Å². The third-order valence-corrected chi connectivity index (χ3v) is 4.71. The lowest BCUT2D eigenvalue weighted by Gasteiger charge is -2.30. The van der Waals surface area contributed by atoms with Gasteiger partial charge < -0.3 is 25.6 Å². The SMILES string of the molecule is O=C(Nc1ccccc1)Nc1ccc(Nc2ccccc2N2CCOCC2)cc1. The highest BCUT2D eigenvalue weighted by Gasteiger charge is 2.14. The van der Waals surface area contributed by atoms with Gasteiger partial charge in [0.1, 0.15) is 0 Å². The van der Waals surface area contributed by atoms with Gasteiger partial charge in [0.15, 0.2) is 0 Å². The van der Waals surface area contributed by atoms with Gasteiger partial charge >= 0.3 is 6.03 Å². The highest BCUT2D eigenvalue weighted by molar-refractivity contribution is 5.99. The Bertz CT molecular complexity index is 939. The number of nitrogens with one attached hydrogen (secondary N) is 3. The van der Waals surface area contributed by atoms with Crippen LogP contribution in [0.1, 0.15) is 0 Å². The van der Waals surface area contributed by atoms with Gasteiger partial charge in [0, 0.05) is 30.2 Å². The second-order valence-electron chi connectivity index (χ2n) is 6.76. The zero-order valence-corrected chi connectivity index (χ0v) is 16.1. The minimum absolute atomic E-state index is 0.269. The molecule has 1 fully saturated rings. The van der Waals surface area contributed by atoms with Crippen LogP contribution in [-0.4, -0.2) is 32.3 Å². The van der Waals surface area contributed by atoms with Crippen molar-refractivity contribution in [1.82, 2.24) is 0 Å². The summed E-state index contributed by atoms with van der Waals surface area (Å²) < 4.78 is 5.46. The van der Waals surface area contributed by atoms with Crippen LogP contribution in [0.3, 0.4) is 0 Å². The maximum absolute atomic E-state index is 12.1. The zero-order chi connectivity index (χ0) is 19.9. The van der Waals surface area contributed by atoms with E-state index >= 15 is 0 Å². The summed E-state index contributed by atoms with van der Waals surface area (Å²) in [6, 6.07) is 25.0. The summed E-state index contributed by atoms with van der Waals surface area (Å²) >= 11 is 0. The highest BCUT2D eigenvalue weighted by atomic mass is 16.5. The van der Waals surface area contributed by atoms with Gasteiger partial charge in [-0.05, 0) is 48.5 Å². The van der Waals surface area contributed by atoms with Crippen molar-refractivity contribution >= 4 is 34.5 Å². The number of morpholine rings is 1. The van der Waals surface area contributed by atoms with Crippen molar-refractivity contribution in [1.29, 1.82) is 0 Å². The molecule has 29 heavy (non-hydrogen) atoms. The predicted octanol–water partition coefficient (Wildman–Crippen LogP) is 4.91. The molecule has 6 nitrogen and oxygen atoms in total. The maximum Gasteiger partial charge on any atom is 0.323 e. The summed E-state index contributed by atoms with van der Waals surface area (Å²) in [6.07, 6.45) is 0. The lowest BCUT2D eigenvalue weighted by Crippen LogP contribution is -2.36. The van der Waals surface area contributed by atoms with Crippen molar-refractivity contribution < 1.29 is 9.53 Å². The average molecular weight is 388 g/mol. The predicted molar refractivity (Wildman–Crippen MR) is 118 cm³/mol. The summed E-state index contributed by atoms with van der Waals surface area (Å²) in [5.74, 6) is 0. The number of hydrogen-bond acceptors (Lipinski definition) is 4. The molecule has 1 aliphatic rings. The number of ether oxygens (including phenoxy) is 1. The van der Waals surface area contributed by atoms with Crippen LogP contribution in [0.15, 0.2) is 78.9 Å². The number of amides is 2. The smallest absolute Gasteiger partial charge is 0.323 e. The number of carbonyl (C=O) groups excluding carboxylic acids is 1. The molecule has 1 saturated heterocycles. The minimum atomic E-state index is -0.269. The summed E-state index contributed by atoms with van der Waals surface area (Å²) in [4.78, 5) is 14.5. The highest BCUT2D eigenvalue weighted by Crippen LogP contribution is 2.29. The van der Waals surface area contributed by atoms with Crippen molar-refractivity contribution in [3.8, 4) is 0 Å². The van der Waals surface area contributed by atoms with E-state index in [-0.39, 0.29) is 6.03 Å². The van der Waals surface area contributed by atoms with Gasteiger partial charge in [-0.2, -0.15) is 0 Å². The first-order valence-corrected chi connectivity index (χ1v) is 9.70. The van der Waals surface area contributed by atoms with Crippen molar-refractivity contribution in [2.24, 2.45) is 0 Å². The number of carbonyl (C=O) groups is 1. The molecule has 0 aromatic heterocycles. The van der Waals surface area contributed by atoms with E-state index in [9.17, 15) is 4.79 Å². The second-order valence-corrected chi connectivity index (χ2v) is 6.76. The summed E-state index contributed by atoms with van der Waals surface area (Å²) in [5, 5.41) is 9.13. The van der Waals surface area contributed by atoms with Gasteiger partial charge in [0.25, 0.3) is 0 Å². The quantitative estimate of drug-likeness (QED) is 0.581. The number of rotatable bonds is 5. The Kier molecular flexibility index (Phi) is 5.92. The van der Waals surface area contributed by atoms with Gasteiger partial charge in [0.2, 0.25) is 0 Å². The summed E-state index contributed by atoms with van der Waals surface area (Å²) in [7, 11) is 0. The molecule has 0 bridgehead atoms. The maximum atomic E-state index is 12.1. The normalized spacial score (nSPS) is 13.6. The zero-order valence-electron chi connectivity index (χ0n) is 16.1. The van der Waals surface area contributed by atoms with E-state index in [0.29, 0.717) is 0 Å². The van der Waals surface area contributed by atoms with E-state index in [2.05, 4.69) is 33.0 Å². The molecule has 6 heteroatoms. The van der Waals surface area contributed by atoms with E-state index < -0.39 is 0 Å². The standard InChI is InChI=1S/C23H24N4O2/c28-23(25-18-6-2-1-3-7-18)26-20-12-10-19(11-13-20)24-21-8-4-5-9-22(21)27-14-16-29-17-15-27/h1-13,24H,14-17H2,(H2,25,26,28).